The van der Waals surface area contributed by atoms with E-state index in [1.807, 2.05) is 0 Å². The number of ether oxygens (including phenoxy) is 1. The minimum atomic E-state index is -4.01. The van der Waals surface area contributed by atoms with Crippen molar-refractivity contribution in [3.8, 4) is 0 Å². The van der Waals surface area contributed by atoms with Crippen LogP contribution in [0.15, 0.2) is 17.0 Å². The van der Waals surface area contributed by atoms with Crippen LogP contribution in [-0.2, 0) is 14.8 Å². The molecule has 28 heavy (non-hydrogen) atoms. The third kappa shape index (κ3) is 4.62. The second-order valence-electron chi connectivity index (χ2n) is 7.02. The van der Waals surface area contributed by atoms with E-state index in [0.29, 0.717) is 24.9 Å². The highest BCUT2D eigenvalue weighted by Gasteiger charge is 2.36. The largest absolute Gasteiger partial charge is 0.462 e. The summed E-state index contributed by atoms with van der Waals surface area (Å²) in [5.74, 6) is -0.782. The summed E-state index contributed by atoms with van der Waals surface area (Å²) in [7, 11) is -4.01. The summed E-state index contributed by atoms with van der Waals surface area (Å²) in [5.41, 5.74) is -0.458. The average molecular weight is 434 g/mol. The number of piperidine rings is 1. The van der Waals surface area contributed by atoms with E-state index in [0.717, 1.165) is 25.0 Å². The molecule has 2 saturated heterocycles. The SMILES string of the molecule is CCOC(=O)c1cc(S(=O)(=O)NC2CC3CCC(C2)N3)cc([N+](=O)[O-])c1C.Cl. The lowest BCUT2D eigenvalue weighted by Gasteiger charge is -2.29. The molecular weight excluding hydrogens is 410 g/mol. The molecular formula is C17H24ClN3O6S. The summed E-state index contributed by atoms with van der Waals surface area (Å²) < 4.78 is 33.3. The van der Waals surface area contributed by atoms with Gasteiger partial charge in [0, 0.05) is 29.8 Å². The molecule has 0 amide bonds. The lowest BCUT2D eigenvalue weighted by atomic mass is 10.0. The molecule has 2 N–H and O–H groups in total. The third-order valence-corrected chi connectivity index (χ3v) is 6.65. The highest BCUT2D eigenvalue weighted by molar-refractivity contribution is 7.89. The number of esters is 1. The van der Waals surface area contributed by atoms with Crippen LogP contribution in [0.25, 0.3) is 0 Å². The Morgan fingerprint density at radius 1 is 1.32 bits per heavy atom. The van der Waals surface area contributed by atoms with Crippen LogP contribution in [0.2, 0.25) is 0 Å². The molecule has 156 valence electrons. The van der Waals surface area contributed by atoms with E-state index < -0.39 is 26.6 Å². The molecule has 2 aliphatic heterocycles. The highest BCUT2D eigenvalue weighted by Crippen LogP contribution is 2.30. The zero-order valence-electron chi connectivity index (χ0n) is 15.6. The van der Waals surface area contributed by atoms with Gasteiger partial charge in [-0.2, -0.15) is 0 Å². The average Bonchev–Trinajstić information content (AvgIpc) is 2.93. The van der Waals surface area contributed by atoms with Gasteiger partial charge in [-0.3, -0.25) is 10.1 Å². The van der Waals surface area contributed by atoms with Gasteiger partial charge >= 0.3 is 5.97 Å². The Morgan fingerprint density at radius 3 is 2.46 bits per heavy atom. The summed E-state index contributed by atoms with van der Waals surface area (Å²) in [6.45, 7) is 3.09. The lowest BCUT2D eigenvalue weighted by molar-refractivity contribution is -0.385. The Bertz CT molecular complexity index is 864. The molecule has 3 rings (SSSR count). The van der Waals surface area contributed by atoms with Crippen LogP contribution in [0.1, 0.15) is 48.5 Å². The Hall–Kier alpha value is -1.75. The molecule has 2 bridgehead atoms. The van der Waals surface area contributed by atoms with Gasteiger partial charge in [-0.25, -0.2) is 17.9 Å². The first kappa shape index (κ1) is 22.5. The van der Waals surface area contributed by atoms with E-state index >= 15 is 0 Å². The molecule has 0 spiro atoms. The molecule has 1 aromatic rings. The number of hydrogen-bond donors (Lipinski definition) is 2. The molecule has 0 aliphatic carbocycles. The quantitative estimate of drug-likeness (QED) is 0.399. The molecule has 2 aliphatic rings. The van der Waals surface area contributed by atoms with Crippen molar-refractivity contribution < 1.29 is 22.9 Å². The van der Waals surface area contributed by atoms with Crippen molar-refractivity contribution in [3.63, 3.8) is 0 Å². The number of sulfonamides is 1. The standard InChI is InChI=1S/C17H23N3O6S.ClH/c1-3-26-17(21)15-8-14(9-16(10(15)2)20(22)23)27(24,25)19-13-6-11-4-5-12(7-13)18-11;/h8-9,11-13,18-19H,3-7H2,1-2H3;1H. The number of nitro benzene ring substituents is 1. The number of fused-ring (bicyclic) bond motifs is 2. The van der Waals surface area contributed by atoms with Crippen molar-refractivity contribution in [3.05, 3.63) is 33.4 Å². The first-order chi connectivity index (χ1) is 12.7. The van der Waals surface area contributed by atoms with Gasteiger partial charge in [-0.15, -0.1) is 12.4 Å². The van der Waals surface area contributed by atoms with Gasteiger partial charge < -0.3 is 10.1 Å². The Kier molecular flexibility index (Phi) is 7.02. The smallest absolute Gasteiger partial charge is 0.338 e. The van der Waals surface area contributed by atoms with E-state index in [-0.39, 0.29) is 41.1 Å². The first-order valence-corrected chi connectivity index (χ1v) is 10.4. The maximum atomic E-state index is 12.8. The monoisotopic (exact) mass is 433 g/mol. The van der Waals surface area contributed by atoms with Crippen LogP contribution in [-0.4, -0.2) is 44.0 Å². The van der Waals surface area contributed by atoms with E-state index in [4.69, 9.17) is 4.74 Å². The van der Waals surface area contributed by atoms with E-state index in [9.17, 15) is 23.3 Å². The molecule has 11 heteroatoms. The minimum absolute atomic E-state index is 0. The van der Waals surface area contributed by atoms with Crippen LogP contribution in [0, 0.1) is 17.0 Å². The van der Waals surface area contributed by atoms with Crippen LogP contribution in [0.4, 0.5) is 5.69 Å². The number of halogens is 1. The molecule has 0 aromatic heterocycles. The van der Waals surface area contributed by atoms with Crippen molar-refractivity contribution in [2.45, 2.75) is 62.6 Å². The van der Waals surface area contributed by atoms with Crippen molar-refractivity contribution in [1.29, 1.82) is 0 Å². The fourth-order valence-corrected chi connectivity index (χ4v) is 5.19. The van der Waals surface area contributed by atoms with Crippen LogP contribution in [0.5, 0.6) is 0 Å². The fraction of sp³-hybridized carbons (Fsp3) is 0.588. The van der Waals surface area contributed by atoms with Gasteiger partial charge in [0.2, 0.25) is 10.0 Å². The van der Waals surface area contributed by atoms with E-state index in [1.165, 1.54) is 6.92 Å². The highest BCUT2D eigenvalue weighted by atomic mass is 35.5. The lowest BCUT2D eigenvalue weighted by Crippen LogP contribution is -2.47. The van der Waals surface area contributed by atoms with Crippen LogP contribution in [0.3, 0.4) is 0 Å². The van der Waals surface area contributed by atoms with Gasteiger partial charge in [0.25, 0.3) is 5.69 Å². The zero-order chi connectivity index (χ0) is 19.8. The van der Waals surface area contributed by atoms with Crippen molar-refractivity contribution in [2.24, 2.45) is 0 Å². The van der Waals surface area contributed by atoms with Gasteiger partial charge in [0.1, 0.15) is 0 Å². The summed E-state index contributed by atoms with van der Waals surface area (Å²) in [6, 6.07) is 2.49. The molecule has 2 heterocycles. The maximum absolute atomic E-state index is 12.8. The number of rotatable bonds is 6. The zero-order valence-corrected chi connectivity index (χ0v) is 17.3. The number of nitro groups is 1. The van der Waals surface area contributed by atoms with Crippen LogP contribution >= 0.6 is 12.4 Å². The van der Waals surface area contributed by atoms with Gasteiger partial charge in [-0.1, -0.05) is 0 Å². The Morgan fingerprint density at radius 2 is 1.93 bits per heavy atom. The third-order valence-electron chi connectivity index (χ3n) is 5.15. The number of nitrogens with one attached hydrogen (secondary N) is 2. The molecule has 0 radical (unpaired) electrons. The Labute approximate surface area is 169 Å². The molecule has 2 atom stereocenters. The topological polar surface area (TPSA) is 128 Å². The van der Waals surface area contributed by atoms with E-state index in [2.05, 4.69) is 10.0 Å². The fourth-order valence-electron chi connectivity index (χ4n) is 3.88. The second-order valence-corrected chi connectivity index (χ2v) is 8.73. The number of benzene rings is 1. The number of hydrogen-bond acceptors (Lipinski definition) is 7. The Balaban J connectivity index is 0.00000280. The predicted octanol–water partition coefficient (Wildman–Crippen LogP) is 2.06. The minimum Gasteiger partial charge on any atom is -0.462 e. The predicted molar refractivity (Wildman–Crippen MR) is 104 cm³/mol. The van der Waals surface area contributed by atoms with Crippen LogP contribution < -0.4 is 10.0 Å². The molecule has 0 saturated carbocycles. The van der Waals surface area contributed by atoms with Gasteiger partial charge in [0.05, 0.1) is 22.0 Å². The summed E-state index contributed by atoms with van der Waals surface area (Å²) in [5, 5.41) is 14.8. The first-order valence-electron chi connectivity index (χ1n) is 8.95. The van der Waals surface area contributed by atoms with Crippen molar-refractivity contribution >= 4 is 34.1 Å². The molecule has 2 fully saturated rings. The van der Waals surface area contributed by atoms with E-state index in [1.54, 1.807) is 6.92 Å². The second kappa shape index (κ2) is 8.73. The molecule has 2 unspecified atom stereocenters. The van der Waals surface area contributed by atoms with Gasteiger partial charge in [0.15, 0.2) is 0 Å². The maximum Gasteiger partial charge on any atom is 0.338 e. The summed E-state index contributed by atoms with van der Waals surface area (Å²) in [4.78, 5) is 22.5. The molecule has 1 aromatic carbocycles. The number of carbonyl (C=O) groups excluding carboxylic acids is 1. The number of carbonyl (C=O) groups is 1. The normalized spacial score (nSPS) is 23.7. The summed E-state index contributed by atoms with van der Waals surface area (Å²) in [6.07, 6.45) is 3.39. The number of nitrogens with zero attached hydrogens (tertiary/aromatic N) is 1. The van der Waals surface area contributed by atoms with Crippen molar-refractivity contribution in [2.75, 3.05) is 6.61 Å². The van der Waals surface area contributed by atoms with Gasteiger partial charge in [-0.05, 0) is 45.6 Å². The van der Waals surface area contributed by atoms with Crippen molar-refractivity contribution in [1.82, 2.24) is 10.0 Å². The molecule has 9 nitrogen and oxygen atoms in total. The summed E-state index contributed by atoms with van der Waals surface area (Å²) >= 11 is 0.